The number of hydrogen-bond donors (Lipinski definition) is 2. The predicted octanol–water partition coefficient (Wildman–Crippen LogP) is 2.42. The van der Waals surface area contributed by atoms with Gasteiger partial charge in [0, 0.05) is 18.3 Å². The average molecular weight is 218 g/mol. The molecule has 0 aliphatic rings. The molecular weight excluding hydrogens is 200 g/mol. The van der Waals surface area contributed by atoms with Crippen LogP contribution in [0, 0.1) is 0 Å². The third-order valence-electron chi connectivity index (χ3n) is 2.03. The Hall–Kier alpha value is -1.77. The molecule has 2 N–H and O–H groups in total. The lowest BCUT2D eigenvalue weighted by Crippen LogP contribution is -2.30. The van der Waals surface area contributed by atoms with Gasteiger partial charge in [-0.2, -0.15) is 0 Å². The van der Waals surface area contributed by atoms with Gasteiger partial charge in [-0.25, -0.2) is 0 Å². The first-order valence-electron chi connectivity index (χ1n) is 5.39. The van der Waals surface area contributed by atoms with Gasteiger partial charge in [-0.3, -0.25) is 4.79 Å². The Morgan fingerprint density at radius 2 is 2.12 bits per heavy atom. The van der Waals surface area contributed by atoms with E-state index < -0.39 is 0 Å². The number of nitrogens with one attached hydrogen (secondary N) is 2. The van der Waals surface area contributed by atoms with Crippen LogP contribution < -0.4 is 10.6 Å². The summed E-state index contributed by atoms with van der Waals surface area (Å²) in [6, 6.07) is 7.59. The van der Waals surface area contributed by atoms with E-state index in [0.717, 1.165) is 5.69 Å². The van der Waals surface area contributed by atoms with Gasteiger partial charge in [0.25, 0.3) is 5.91 Å². The summed E-state index contributed by atoms with van der Waals surface area (Å²) in [7, 11) is 0. The van der Waals surface area contributed by atoms with E-state index >= 15 is 0 Å². The monoisotopic (exact) mass is 218 g/mol. The fourth-order valence-corrected chi connectivity index (χ4v) is 1.36. The standard InChI is InChI=1S/C13H18N2O/c1-4-9-14-12-8-6-5-7-11(12)13(16)15-10(2)3/h4-8,10,14H,1,9H2,2-3H3,(H,15,16). The van der Waals surface area contributed by atoms with Gasteiger partial charge >= 0.3 is 0 Å². The van der Waals surface area contributed by atoms with Gasteiger partial charge < -0.3 is 10.6 Å². The van der Waals surface area contributed by atoms with Gasteiger partial charge in [0.15, 0.2) is 0 Å². The van der Waals surface area contributed by atoms with Crippen molar-refractivity contribution in [3.8, 4) is 0 Å². The molecule has 0 saturated carbocycles. The van der Waals surface area contributed by atoms with Crippen molar-refractivity contribution < 1.29 is 4.79 Å². The molecular formula is C13H18N2O. The van der Waals surface area contributed by atoms with E-state index in [1.807, 2.05) is 38.1 Å². The number of anilines is 1. The van der Waals surface area contributed by atoms with Gasteiger partial charge in [0.05, 0.1) is 5.56 Å². The highest BCUT2D eigenvalue weighted by molar-refractivity contribution is 5.99. The smallest absolute Gasteiger partial charge is 0.253 e. The molecule has 0 unspecified atom stereocenters. The number of amides is 1. The van der Waals surface area contributed by atoms with Crippen LogP contribution in [0.5, 0.6) is 0 Å². The molecule has 0 aliphatic heterocycles. The van der Waals surface area contributed by atoms with Crippen LogP contribution in [0.4, 0.5) is 5.69 Å². The van der Waals surface area contributed by atoms with E-state index in [1.165, 1.54) is 0 Å². The number of carbonyl (C=O) groups excluding carboxylic acids is 1. The van der Waals surface area contributed by atoms with Crippen LogP contribution in [0.15, 0.2) is 36.9 Å². The first-order valence-corrected chi connectivity index (χ1v) is 5.39. The Bertz CT molecular complexity index is 372. The van der Waals surface area contributed by atoms with Crippen LogP contribution in [0.3, 0.4) is 0 Å². The lowest BCUT2D eigenvalue weighted by molar-refractivity contribution is 0.0944. The minimum atomic E-state index is -0.0536. The topological polar surface area (TPSA) is 41.1 Å². The van der Waals surface area contributed by atoms with E-state index in [1.54, 1.807) is 6.08 Å². The van der Waals surface area contributed by atoms with Gasteiger partial charge in [-0.05, 0) is 26.0 Å². The fourth-order valence-electron chi connectivity index (χ4n) is 1.36. The van der Waals surface area contributed by atoms with E-state index in [-0.39, 0.29) is 11.9 Å². The zero-order valence-electron chi connectivity index (χ0n) is 9.79. The molecule has 0 fully saturated rings. The minimum Gasteiger partial charge on any atom is -0.381 e. The highest BCUT2D eigenvalue weighted by Gasteiger charge is 2.10. The van der Waals surface area contributed by atoms with Crippen molar-refractivity contribution in [3.63, 3.8) is 0 Å². The van der Waals surface area contributed by atoms with Crippen molar-refractivity contribution in [2.24, 2.45) is 0 Å². The number of hydrogen-bond acceptors (Lipinski definition) is 2. The molecule has 0 radical (unpaired) electrons. The highest BCUT2D eigenvalue weighted by atomic mass is 16.1. The summed E-state index contributed by atoms with van der Waals surface area (Å²) < 4.78 is 0. The molecule has 1 amide bonds. The van der Waals surface area contributed by atoms with Gasteiger partial charge in [0.2, 0.25) is 0 Å². The zero-order valence-corrected chi connectivity index (χ0v) is 9.79. The molecule has 16 heavy (non-hydrogen) atoms. The lowest BCUT2D eigenvalue weighted by Gasteiger charge is -2.12. The minimum absolute atomic E-state index is 0.0536. The first-order chi connectivity index (χ1) is 7.65. The van der Waals surface area contributed by atoms with Gasteiger partial charge in [-0.15, -0.1) is 6.58 Å². The van der Waals surface area contributed by atoms with E-state index in [0.29, 0.717) is 12.1 Å². The third kappa shape index (κ3) is 3.42. The molecule has 86 valence electrons. The molecule has 3 nitrogen and oxygen atoms in total. The summed E-state index contributed by atoms with van der Waals surface area (Å²) in [5, 5.41) is 6.01. The predicted molar refractivity (Wildman–Crippen MR) is 67.7 cm³/mol. The second-order valence-corrected chi connectivity index (χ2v) is 3.84. The summed E-state index contributed by atoms with van der Waals surface area (Å²) in [6.45, 7) is 8.16. The van der Waals surface area contributed by atoms with Gasteiger partial charge in [-0.1, -0.05) is 18.2 Å². The van der Waals surface area contributed by atoms with Crippen molar-refractivity contribution in [1.82, 2.24) is 5.32 Å². The highest BCUT2D eigenvalue weighted by Crippen LogP contribution is 2.14. The summed E-state index contributed by atoms with van der Waals surface area (Å²) in [5.74, 6) is -0.0536. The molecule has 0 bridgehead atoms. The number of benzene rings is 1. The molecule has 1 aromatic rings. The molecule has 0 saturated heterocycles. The van der Waals surface area contributed by atoms with Crippen LogP contribution in [0.2, 0.25) is 0 Å². The maximum atomic E-state index is 11.9. The van der Waals surface area contributed by atoms with Gasteiger partial charge in [0.1, 0.15) is 0 Å². The lowest BCUT2D eigenvalue weighted by atomic mass is 10.1. The second kappa shape index (κ2) is 5.95. The Morgan fingerprint density at radius 3 is 2.75 bits per heavy atom. The van der Waals surface area contributed by atoms with Crippen LogP contribution in [-0.4, -0.2) is 18.5 Å². The molecule has 1 aromatic carbocycles. The number of rotatable bonds is 5. The zero-order chi connectivity index (χ0) is 12.0. The Kier molecular flexibility index (Phi) is 4.58. The summed E-state index contributed by atoms with van der Waals surface area (Å²) in [5.41, 5.74) is 1.50. The quantitative estimate of drug-likeness (QED) is 0.745. The molecule has 1 rings (SSSR count). The molecule has 0 spiro atoms. The van der Waals surface area contributed by atoms with Crippen LogP contribution in [0.25, 0.3) is 0 Å². The first kappa shape index (κ1) is 12.3. The van der Waals surface area contributed by atoms with E-state index in [4.69, 9.17) is 0 Å². The average Bonchev–Trinajstić information content (AvgIpc) is 2.25. The SMILES string of the molecule is C=CCNc1ccccc1C(=O)NC(C)C. The molecule has 0 atom stereocenters. The van der Waals surface area contributed by atoms with Crippen LogP contribution in [-0.2, 0) is 0 Å². The Morgan fingerprint density at radius 1 is 1.44 bits per heavy atom. The molecule has 3 heteroatoms. The molecule has 0 aliphatic carbocycles. The second-order valence-electron chi connectivity index (χ2n) is 3.84. The van der Waals surface area contributed by atoms with Crippen molar-refractivity contribution in [3.05, 3.63) is 42.5 Å². The number of para-hydroxylation sites is 1. The maximum absolute atomic E-state index is 11.9. The van der Waals surface area contributed by atoms with Crippen LogP contribution >= 0.6 is 0 Å². The van der Waals surface area contributed by atoms with Crippen molar-refractivity contribution in [2.45, 2.75) is 19.9 Å². The largest absolute Gasteiger partial charge is 0.381 e. The Balaban J connectivity index is 2.84. The summed E-state index contributed by atoms with van der Waals surface area (Å²) in [4.78, 5) is 11.9. The van der Waals surface area contributed by atoms with Crippen molar-refractivity contribution in [1.29, 1.82) is 0 Å². The summed E-state index contributed by atoms with van der Waals surface area (Å²) >= 11 is 0. The molecule has 0 heterocycles. The molecule has 0 aromatic heterocycles. The van der Waals surface area contributed by atoms with Crippen molar-refractivity contribution >= 4 is 11.6 Å². The maximum Gasteiger partial charge on any atom is 0.253 e. The van der Waals surface area contributed by atoms with E-state index in [2.05, 4.69) is 17.2 Å². The Labute approximate surface area is 96.6 Å². The normalized spacial score (nSPS) is 9.94. The van der Waals surface area contributed by atoms with E-state index in [9.17, 15) is 4.79 Å². The van der Waals surface area contributed by atoms with Crippen LogP contribution in [0.1, 0.15) is 24.2 Å². The van der Waals surface area contributed by atoms with Crippen molar-refractivity contribution in [2.75, 3.05) is 11.9 Å². The fraction of sp³-hybridized carbons (Fsp3) is 0.308. The third-order valence-corrected chi connectivity index (χ3v) is 2.03. The summed E-state index contributed by atoms with van der Waals surface area (Å²) in [6.07, 6.45) is 1.76. The number of carbonyl (C=O) groups is 1.